The Kier molecular flexibility index (Phi) is 2.15. The van der Waals surface area contributed by atoms with Crippen LogP contribution in [0.3, 0.4) is 0 Å². The van der Waals surface area contributed by atoms with Crippen LogP contribution in [0.15, 0.2) is 33.5 Å². The summed E-state index contributed by atoms with van der Waals surface area (Å²) < 4.78 is 5.03. The van der Waals surface area contributed by atoms with E-state index in [1.807, 2.05) is 6.92 Å². The molecule has 76 valence electrons. The number of aryl methyl sites for hydroxylation is 1. The molecule has 1 aromatic heterocycles. The highest BCUT2D eigenvalue weighted by Crippen LogP contribution is 2.17. The Morgan fingerprint density at radius 2 is 2.00 bits per heavy atom. The van der Waals surface area contributed by atoms with E-state index in [9.17, 15) is 9.59 Å². The molecule has 15 heavy (non-hydrogen) atoms. The molecule has 0 aliphatic carbocycles. The van der Waals surface area contributed by atoms with Crippen LogP contribution in [-0.4, -0.2) is 5.78 Å². The van der Waals surface area contributed by atoms with Crippen molar-refractivity contribution >= 4 is 16.8 Å². The fourth-order valence-electron chi connectivity index (χ4n) is 1.54. The number of hydrogen-bond donors (Lipinski definition) is 0. The van der Waals surface area contributed by atoms with Crippen molar-refractivity contribution in [2.45, 2.75) is 13.8 Å². The van der Waals surface area contributed by atoms with Gasteiger partial charge >= 0.3 is 5.63 Å². The summed E-state index contributed by atoms with van der Waals surface area (Å²) in [6, 6.07) is 6.57. The molecule has 0 atom stereocenters. The second-order valence-electron chi connectivity index (χ2n) is 3.52. The van der Waals surface area contributed by atoms with Gasteiger partial charge in [0.05, 0.1) is 0 Å². The molecule has 0 aliphatic heterocycles. The number of fused-ring (bicyclic) bond motifs is 1. The van der Waals surface area contributed by atoms with Crippen molar-refractivity contribution in [3.63, 3.8) is 0 Å². The van der Waals surface area contributed by atoms with Crippen molar-refractivity contribution < 1.29 is 9.21 Å². The highest BCUT2D eigenvalue weighted by atomic mass is 16.4. The van der Waals surface area contributed by atoms with Crippen molar-refractivity contribution in [3.8, 4) is 0 Å². The summed E-state index contributed by atoms with van der Waals surface area (Å²) in [6.07, 6.45) is 0. The zero-order valence-electron chi connectivity index (χ0n) is 8.53. The zero-order chi connectivity index (χ0) is 11.0. The lowest BCUT2D eigenvalue weighted by molar-refractivity contribution is 0.101. The third-order valence-corrected chi connectivity index (χ3v) is 2.36. The summed E-state index contributed by atoms with van der Waals surface area (Å²) in [5.74, 6) is -0.0407. The highest BCUT2D eigenvalue weighted by Gasteiger charge is 2.05. The van der Waals surface area contributed by atoms with Crippen molar-refractivity contribution in [3.05, 3.63) is 45.8 Å². The quantitative estimate of drug-likeness (QED) is 0.526. The van der Waals surface area contributed by atoms with Gasteiger partial charge in [-0.1, -0.05) is 12.1 Å². The van der Waals surface area contributed by atoms with Gasteiger partial charge in [-0.15, -0.1) is 0 Å². The number of Topliss-reactive ketones (excluding diaryl/α,β-unsaturated/α-hetero) is 1. The van der Waals surface area contributed by atoms with E-state index in [2.05, 4.69) is 0 Å². The van der Waals surface area contributed by atoms with E-state index in [1.165, 1.54) is 13.0 Å². The van der Waals surface area contributed by atoms with Crippen molar-refractivity contribution in [1.82, 2.24) is 0 Å². The maximum absolute atomic E-state index is 11.1. The van der Waals surface area contributed by atoms with E-state index in [4.69, 9.17) is 4.42 Å². The first-order valence-corrected chi connectivity index (χ1v) is 4.63. The van der Waals surface area contributed by atoms with Gasteiger partial charge in [0.25, 0.3) is 0 Å². The van der Waals surface area contributed by atoms with Crippen molar-refractivity contribution in [1.29, 1.82) is 0 Å². The van der Waals surface area contributed by atoms with E-state index in [-0.39, 0.29) is 11.4 Å². The molecule has 0 amide bonds. The normalized spacial score (nSPS) is 10.5. The summed E-state index contributed by atoms with van der Waals surface area (Å²) in [6.45, 7) is 3.32. The molecule has 0 spiro atoms. The van der Waals surface area contributed by atoms with Crippen molar-refractivity contribution in [2.75, 3.05) is 0 Å². The Bertz CT molecular complexity index is 593. The average molecular weight is 202 g/mol. The zero-order valence-corrected chi connectivity index (χ0v) is 8.53. The van der Waals surface area contributed by atoms with Crippen LogP contribution in [0, 0.1) is 6.92 Å². The van der Waals surface area contributed by atoms with Gasteiger partial charge < -0.3 is 4.42 Å². The summed E-state index contributed by atoms with van der Waals surface area (Å²) >= 11 is 0. The molecule has 3 heteroatoms. The van der Waals surface area contributed by atoms with Gasteiger partial charge in [0.1, 0.15) is 5.58 Å². The Labute approximate surface area is 86.3 Å². The minimum absolute atomic E-state index is 0.0407. The van der Waals surface area contributed by atoms with Crippen LogP contribution in [-0.2, 0) is 0 Å². The number of hydrogen-bond acceptors (Lipinski definition) is 3. The molecule has 0 radical (unpaired) electrons. The molecule has 0 bridgehead atoms. The number of ketones is 1. The summed E-state index contributed by atoms with van der Waals surface area (Å²) in [5.41, 5.74) is 1.49. The Morgan fingerprint density at radius 1 is 1.27 bits per heavy atom. The Morgan fingerprint density at radius 3 is 2.67 bits per heavy atom. The fraction of sp³-hybridized carbons (Fsp3) is 0.167. The van der Waals surface area contributed by atoms with Gasteiger partial charge in [0.2, 0.25) is 0 Å². The van der Waals surface area contributed by atoms with E-state index < -0.39 is 0 Å². The smallest absolute Gasteiger partial charge is 0.336 e. The molecule has 3 nitrogen and oxygen atoms in total. The predicted octanol–water partition coefficient (Wildman–Crippen LogP) is 2.30. The van der Waals surface area contributed by atoms with Crippen LogP contribution in [0.5, 0.6) is 0 Å². The first-order chi connectivity index (χ1) is 7.08. The van der Waals surface area contributed by atoms with Gasteiger partial charge in [-0.05, 0) is 25.5 Å². The second-order valence-corrected chi connectivity index (χ2v) is 3.52. The number of carbonyl (C=O) groups is 1. The van der Waals surface area contributed by atoms with Crippen LogP contribution in [0.1, 0.15) is 22.8 Å². The number of carbonyl (C=O) groups excluding carboxylic acids is 1. The van der Waals surface area contributed by atoms with Gasteiger partial charge in [-0.3, -0.25) is 4.79 Å². The summed E-state index contributed by atoms with van der Waals surface area (Å²) in [4.78, 5) is 22.3. The molecular weight excluding hydrogens is 192 g/mol. The topological polar surface area (TPSA) is 47.3 Å². The molecule has 0 fully saturated rings. The lowest BCUT2D eigenvalue weighted by Gasteiger charge is -2.01. The fourth-order valence-corrected chi connectivity index (χ4v) is 1.54. The monoisotopic (exact) mass is 202 g/mol. The Balaban J connectivity index is 2.82. The third kappa shape index (κ3) is 1.68. The predicted molar refractivity (Wildman–Crippen MR) is 57.2 cm³/mol. The van der Waals surface area contributed by atoms with Gasteiger partial charge in [-0.2, -0.15) is 0 Å². The molecule has 0 N–H and O–H groups in total. The average Bonchev–Trinajstić information content (AvgIpc) is 2.16. The largest absolute Gasteiger partial charge is 0.423 e. The van der Waals surface area contributed by atoms with Crippen molar-refractivity contribution in [2.24, 2.45) is 0 Å². The highest BCUT2D eigenvalue weighted by molar-refractivity contribution is 5.97. The van der Waals surface area contributed by atoms with Crippen LogP contribution < -0.4 is 5.63 Å². The van der Waals surface area contributed by atoms with Gasteiger partial charge in [-0.25, -0.2) is 4.79 Å². The first kappa shape index (κ1) is 9.65. The van der Waals surface area contributed by atoms with E-state index in [0.717, 1.165) is 10.9 Å². The minimum Gasteiger partial charge on any atom is -0.423 e. The lowest BCUT2D eigenvalue weighted by atomic mass is 10.1. The van der Waals surface area contributed by atoms with Crippen LogP contribution in [0.2, 0.25) is 0 Å². The summed E-state index contributed by atoms with van der Waals surface area (Å²) in [5, 5.41) is 0.861. The number of benzene rings is 1. The molecule has 0 aliphatic rings. The molecule has 1 aromatic carbocycles. The maximum atomic E-state index is 11.1. The molecular formula is C12H10O3. The molecule has 0 saturated carbocycles. The SMILES string of the molecule is CC(=O)c1ccc2c(C)cc(=O)oc2c1. The van der Waals surface area contributed by atoms with Crippen LogP contribution >= 0.6 is 0 Å². The molecule has 1 heterocycles. The second kappa shape index (κ2) is 3.35. The minimum atomic E-state index is -0.388. The molecule has 2 aromatic rings. The van der Waals surface area contributed by atoms with Gasteiger partial charge in [0, 0.05) is 17.0 Å². The van der Waals surface area contributed by atoms with E-state index in [0.29, 0.717) is 11.1 Å². The van der Waals surface area contributed by atoms with E-state index in [1.54, 1.807) is 18.2 Å². The van der Waals surface area contributed by atoms with Crippen LogP contribution in [0.4, 0.5) is 0 Å². The maximum Gasteiger partial charge on any atom is 0.336 e. The van der Waals surface area contributed by atoms with Crippen LogP contribution in [0.25, 0.3) is 11.0 Å². The summed E-state index contributed by atoms with van der Waals surface area (Å²) in [7, 11) is 0. The molecule has 2 rings (SSSR count). The molecule has 0 saturated heterocycles. The van der Waals surface area contributed by atoms with E-state index >= 15 is 0 Å². The lowest BCUT2D eigenvalue weighted by Crippen LogP contribution is -1.99. The number of rotatable bonds is 1. The molecule has 0 unspecified atom stereocenters. The first-order valence-electron chi connectivity index (χ1n) is 4.63. The Hall–Kier alpha value is -1.90. The third-order valence-electron chi connectivity index (χ3n) is 2.36. The van der Waals surface area contributed by atoms with Gasteiger partial charge in [0.15, 0.2) is 5.78 Å². The standard InChI is InChI=1S/C12H10O3/c1-7-5-12(14)15-11-6-9(8(2)13)3-4-10(7)11/h3-6H,1-2H3.